The molecule has 174 valence electrons. The normalized spacial score (nSPS) is 12.0. The van der Waals surface area contributed by atoms with Gasteiger partial charge in [0.05, 0.1) is 17.5 Å². The second kappa shape index (κ2) is 7.95. The monoisotopic (exact) mass is 478 g/mol. The number of benzene rings is 2. The lowest BCUT2D eigenvalue weighted by Gasteiger charge is -2.07. The molecule has 0 aliphatic carbocycles. The van der Waals surface area contributed by atoms with Crippen LogP contribution in [0, 0.1) is 12.7 Å². The summed E-state index contributed by atoms with van der Waals surface area (Å²) in [6.07, 6.45) is 3.83. The van der Waals surface area contributed by atoms with E-state index in [4.69, 9.17) is 4.74 Å². The van der Waals surface area contributed by atoms with E-state index in [9.17, 15) is 12.8 Å². The van der Waals surface area contributed by atoms with Crippen molar-refractivity contribution in [3.05, 3.63) is 71.8 Å². The van der Waals surface area contributed by atoms with Gasteiger partial charge in [-0.05, 0) is 49.2 Å². The number of nitrogens with zero attached hydrogens (tertiary/aromatic N) is 4. The summed E-state index contributed by atoms with van der Waals surface area (Å²) in [6.45, 7) is 3.87. The number of aryl methyl sites for hydroxylation is 3. The van der Waals surface area contributed by atoms with Crippen LogP contribution in [0.3, 0.4) is 0 Å². The van der Waals surface area contributed by atoms with Gasteiger partial charge in [-0.2, -0.15) is 5.10 Å². The van der Waals surface area contributed by atoms with E-state index in [1.54, 1.807) is 60.5 Å². The highest BCUT2D eigenvalue weighted by atomic mass is 32.2. The number of methoxy groups -OCH3 is 1. The van der Waals surface area contributed by atoms with Gasteiger partial charge in [-0.3, -0.25) is 4.68 Å². The van der Waals surface area contributed by atoms with E-state index in [1.807, 2.05) is 13.8 Å². The second-order valence-corrected chi connectivity index (χ2v) is 9.98. The van der Waals surface area contributed by atoms with Gasteiger partial charge in [0.2, 0.25) is 0 Å². The van der Waals surface area contributed by atoms with Gasteiger partial charge in [0.1, 0.15) is 5.69 Å². The summed E-state index contributed by atoms with van der Waals surface area (Å²) in [5.41, 5.74) is 4.02. The van der Waals surface area contributed by atoms with Gasteiger partial charge in [-0.25, -0.2) is 21.8 Å². The van der Waals surface area contributed by atoms with Crippen LogP contribution in [0.5, 0.6) is 5.75 Å². The molecule has 3 aromatic heterocycles. The average Bonchev–Trinajstić information content (AvgIpc) is 3.37. The molecule has 9 heteroatoms. The van der Waals surface area contributed by atoms with Crippen LogP contribution in [0.25, 0.3) is 33.2 Å². The Bertz CT molecular complexity index is 1670. The number of hydrogen-bond acceptors (Lipinski definition) is 5. The molecule has 5 aromatic rings. The minimum atomic E-state index is -3.85. The molecule has 0 radical (unpaired) electrons. The number of pyridine rings is 1. The van der Waals surface area contributed by atoms with Crippen molar-refractivity contribution in [2.24, 2.45) is 7.05 Å². The Morgan fingerprint density at radius 2 is 1.85 bits per heavy atom. The van der Waals surface area contributed by atoms with Crippen LogP contribution in [-0.2, 0) is 23.5 Å². The third-order valence-electron chi connectivity index (χ3n) is 6.05. The minimum Gasteiger partial charge on any atom is -0.494 e. The molecule has 0 spiro atoms. The third kappa shape index (κ3) is 3.27. The van der Waals surface area contributed by atoms with Crippen molar-refractivity contribution < 1.29 is 17.5 Å². The quantitative estimate of drug-likeness (QED) is 0.361. The predicted molar refractivity (Wildman–Crippen MR) is 129 cm³/mol. The fourth-order valence-corrected chi connectivity index (χ4v) is 5.63. The first-order valence-corrected chi connectivity index (χ1v) is 12.2. The van der Waals surface area contributed by atoms with E-state index >= 15 is 0 Å². The second-order valence-electron chi connectivity index (χ2n) is 8.16. The van der Waals surface area contributed by atoms with Crippen molar-refractivity contribution in [1.29, 1.82) is 0 Å². The Morgan fingerprint density at radius 1 is 1.12 bits per heavy atom. The Kier molecular flexibility index (Phi) is 5.16. The van der Waals surface area contributed by atoms with Crippen LogP contribution in [-0.4, -0.2) is 34.3 Å². The Hall–Kier alpha value is -3.72. The lowest BCUT2D eigenvalue weighted by atomic mass is 10.1. The summed E-state index contributed by atoms with van der Waals surface area (Å²) in [5, 5.41) is 6.05. The van der Waals surface area contributed by atoms with Crippen LogP contribution in [0.1, 0.15) is 18.1 Å². The molecule has 0 aliphatic heterocycles. The molecule has 0 saturated heterocycles. The van der Waals surface area contributed by atoms with E-state index in [2.05, 4.69) is 10.1 Å². The smallest absolute Gasteiger partial charge is 0.269 e. The zero-order valence-corrected chi connectivity index (χ0v) is 20.0. The fourth-order valence-electron chi connectivity index (χ4n) is 4.29. The number of ether oxygens (including phenoxy) is 1. The van der Waals surface area contributed by atoms with Crippen molar-refractivity contribution in [3.8, 4) is 17.0 Å². The van der Waals surface area contributed by atoms with E-state index < -0.39 is 15.8 Å². The molecule has 0 bridgehead atoms. The molecule has 2 aromatic carbocycles. The van der Waals surface area contributed by atoms with Crippen LogP contribution in [0.4, 0.5) is 4.39 Å². The van der Waals surface area contributed by atoms with E-state index in [0.29, 0.717) is 34.1 Å². The van der Waals surface area contributed by atoms with E-state index in [1.165, 1.54) is 17.1 Å². The van der Waals surface area contributed by atoms with Crippen molar-refractivity contribution in [2.45, 2.75) is 25.2 Å². The summed E-state index contributed by atoms with van der Waals surface area (Å²) in [7, 11) is -0.649. The first-order valence-electron chi connectivity index (χ1n) is 10.8. The van der Waals surface area contributed by atoms with Crippen molar-refractivity contribution in [2.75, 3.05) is 7.11 Å². The van der Waals surface area contributed by atoms with Crippen molar-refractivity contribution in [1.82, 2.24) is 18.7 Å². The van der Waals surface area contributed by atoms with Gasteiger partial charge in [0.25, 0.3) is 10.0 Å². The molecule has 7 nitrogen and oxygen atoms in total. The van der Waals surface area contributed by atoms with Crippen molar-refractivity contribution >= 4 is 32.0 Å². The zero-order chi connectivity index (χ0) is 24.2. The van der Waals surface area contributed by atoms with E-state index in [0.717, 1.165) is 16.6 Å². The minimum absolute atomic E-state index is 0.149. The summed E-state index contributed by atoms with van der Waals surface area (Å²) in [4.78, 5) is 4.75. The van der Waals surface area contributed by atoms with Gasteiger partial charge in [0, 0.05) is 35.8 Å². The molecule has 0 N–H and O–H groups in total. The van der Waals surface area contributed by atoms with Gasteiger partial charge in [-0.15, -0.1) is 0 Å². The van der Waals surface area contributed by atoms with Gasteiger partial charge in [-0.1, -0.05) is 24.6 Å². The Morgan fingerprint density at radius 3 is 2.50 bits per heavy atom. The summed E-state index contributed by atoms with van der Waals surface area (Å²) < 4.78 is 49.3. The molecule has 3 heterocycles. The summed E-state index contributed by atoms with van der Waals surface area (Å²) >= 11 is 0. The average molecular weight is 479 g/mol. The largest absolute Gasteiger partial charge is 0.494 e. The van der Waals surface area contributed by atoms with Crippen LogP contribution in [0.2, 0.25) is 0 Å². The standard InChI is InChI=1S/C25H23FN4O3S/c1-5-16-14-30(34(31,32)18-9-6-15(2)7-10-18)25-22(16)24-19(13-27-25)23(28-29(24)3)17-8-11-21(33-4)20(26)12-17/h6-14H,5H2,1-4H3. The van der Waals surface area contributed by atoms with Crippen LogP contribution >= 0.6 is 0 Å². The lowest BCUT2D eigenvalue weighted by Crippen LogP contribution is -2.12. The van der Waals surface area contributed by atoms with Gasteiger partial charge in [0.15, 0.2) is 17.2 Å². The summed E-state index contributed by atoms with van der Waals surface area (Å²) in [5.74, 6) is -0.339. The first-order chi connectivity index (χ1) is 16.3. The number of halogens is 1. The molecule has 0 fully saturated rings. The molecular weight excluding hydrogens is 455 g/mol. The topological polar surface area (TPSA) is 79.0 Å². The number of rotatable bonds is 5. The molecule has 0 unspecified atom stereocenters. The highest BCUT2D eigenvalue weighted by Crippen LogP contribution is 2.36. The Balaban J connectivity index is 1.77. The third-order valence-corrected chi connectivity index (χ3v) is 7.71. The maximum absolute atomic E-state index is 14.4. The number of fused-ring (bicyclic) bond motifs is 3. The molecule has 5 rings (SSSR count). The molecule has 0 atom stereocenters. The van der Waals surface area contributed by atoms with Gasteiger partial charge >= 0.3 is 0 Å². The van der Waals surface area contributed by atoms with Crippen LogP contribution < -0.4 is 4.74 Å². The molecule has 0 aliphatic rings. The maximum Gasteiger partial charge on any atom is 0.269 e. The first kappa shape index (κ1) is 22.1. The SMILES string of the molecule is CCc1cn(S(=O)(=O)c2ccc(C)cc2)c2ncc3c(-c4ccc(OC)c(F)c4)nn(C)c3c12. The highest BCUT2D eigenvalue weighted by Gasteiger charge is 2.25. The molecular formula is C25H23FN4O3S. The lowest BCUT2D eigenvalue weighted by molar-refractivity contribution is 0.386. The predicted octanol–water partition coefficient (Wildman–Crippen LogP) is 4.85. The molecule has 0 amide bonds. The number of hydrogen-bond donors (Lipinski definition) is 0. The van der Waals surface area contributed by atoms with Crippen molar-refractivity contribution in [3.63, 3.8) is 0 Å². The fraction of sp³-hybridized carbons (Fsp3) is 0.200. The summed E-state index contributed by atoms with van der Waals surface area (Å²) in [6, 6.07) is 11.4. The maximum atomic E-state index is 14.4. The zero-order valence-electron chi connectivity index (χ0n) is 19.2. The number of aromatic nitrogens is 4. The molecule has 0 saturated carbocycles. The van der Waals surface area contributed by atoms with Crippen LogP contribution in [0.15, 0.2) is 59.8 Å². The van der Waals surface area contributed by atoms with E-state index in [-0.39, 0.29) is 10.6 Å². The Labute approximate surface area is 196 Å². The molecule has 34 heavy (non-hydrogen) atoms. The highest BCUT2D eigenvalue weighted by molar-refractivity contribution is 7.90. The van der Waals surface area contributed by atoms with Gasteiger partial charge < -0.3 is 4.74 Å².